The molecular formula is C27H23BrN4O5S2. The predicted octanol–water partition coefficient (Wildman–Crippen LogP) is 4.41. The minimum atomic E-state index is -0.795. The average Bonchev–Trinajstić information content (AvgIpc) is 3.46. The maximum atomic E-state index is 13.8. The number of hydrogen-bond acceptors (Lipinski definition) is 10. The smallest absolute Gasteiger partial charge is 0.338 e. The number of thiazole rings is 1. The lowest BCUT2D eigenvalue weighted by atomic mass is 9.95. The van der Waals surface area contributed by atoms with Gasteiger partial charge in [0.15, 0.2) is 15.1 Å². The molecule has 0 spiro atoms. The lowest BCUT2D eigenvalue weighted by Crippen LogP contribution is -2.40. The van der Waals surface area contributed by atoms with Crippen LogP contribution in [-0.4, -0.2) is 34.2 Å². The highest BCUT2D eigenvalue weighted by atomic mass is 79.9. The average molecular weight is 628 g/mol. The van der Waals surface area contributed by atoms with Gasteiger partial charge in [0.25, 0.3) is 5.56 Å². The van der Waals surface area contributed by atoms with E-state index in [0.717, 1.165) is 10.2 Å². The van der Waals surface area contributed by atoms with Crippen LogP contribution >= 0.6 is 39.0 Å². The Hall–Kier alpha value is -3.48. The van der Waals surface area contributed by atoms with Crippen molar-refractivity contribution in [1.29, 1.82) is 0 Å². The third-order valence-corrected chi connectivity index (χ3v) is 8.12. The summed E-state index contributed by atoms with van der Waals surface area (Å²) in [5.74, 6) is 0.486. The Bertz CT molecular complexity index is 1790. The van der Waals surface area contributed by atoms with Gasteiger partial charge in [0.1, 0.15) is 17.6 Å². The van der Waals surface area contributed by atoms with E-state index < -0.39 is 12.0 Å². The predicted molar refractivity (Wildman–Crippen MR) is 151 cm³/mol. The molecule has 4 aromatic rings. The van der Waals surface area contributed by atoms with E-state index in [9.17, 15) is 9.59 Å². The highest BCUT2D eigenvalue weighted by molar-refractivity contribution is 9.10. The Labute approximate surface area is 240 Å². The molecule has 5 rings (SSSR count). The largest absolute Gasteiger partial charge is 0.496 e. The van der Waals surface area contributed by atoms with Crippen LogP contribution in [0.2, 0.25) is 0 Å². The normalized spacial score (nSPS) is 15.2. The molecule has 200 valence electrons. The van der Waals surface area contributed by atoms with Crippen LogP contribution in [-0.2, 0) is 9.53 Å². The fourth-order valence-corrected chi connectivity index (χ4v) is 6.33. The van der Waals surface area contributed by atoms with Crippen LogP contribution in [0.15, 0.2) is 82.8 Å². The van der Waals surface area contributed by atoms with E-state index in [-0.39, 0.29) is 17.7 Å². The molecule has 0 bridgehead atoms. The number of furan rings is 1. The molecule has 0 amide bonds. The molecule has 12 heteroatoms. The van der Waals surface area contributed by atoms with Gasteiger partial charge in [-0.15, -0.1) is 0 Å². The van der Waals surface area contributed by atoms with Crippen molar-refractivity contribution in [3.05, 3.63) is 95.0 Å². The third kappa shape index (κ3) is 5.49. The number of aromatic nitrogens is 3. The number of hydrogen-bond donors (Lipinski definition) is 0. The number of fused-ring (bicyclic) bond motifs is 1. The van der Waals surface area contributed by atoms with Gasteiger partial charge in [0.05, 0.1) is 29.5 Å². The summed E-state index contributed by atoms with van der Waals surface area (Å²) in [7, 11) is 1.55. The van der Waals surface area contributed by atoms with E-state index in [1.165, 1.54) is 27.7 Å². The number of carbonyl (C=O) groups is 1. The molecule has 1 aliphatic rings. The van der Waals surface area contributed by atoms with Gasteiger partial charge in [-0.1, -0.05) is 27.3 Å². The molecule has 0 fully saturated rings. The Morgan fingerprint density at radius 1 is 1.26 bits per heavy atom. The van der Waals surface area contributed by atoms with Crippen LogP contribution in [0.4, 0.5) is 0 Å². The summed E-state index contributed by atoms with van der Waals surface area (Å²) in [6.07, 6.45) is 3.36. The van der Waals surface area contributed by atoms with Gasteiger partial charge in [0, 0.05) is 28.0 Å². The van der Waals surface area contributed by atoms with Crippen LogP contribution in [0, 0.1) is 6.92 Å². The first-order valence-electron chi connectivity index (χ1n) is 11.9. The summed E-state index contributed by atoms with van der Waals surface area (Å²) in [5, 5.41) is 1.16. The standard InChI is InChI=1S/C27H23BrN4O5S2/c1-5-36-25(34)22-15(3)31-27-32(23(22)18-12-16(28)6-8-19(18)35-4)24(33)20(38-27)13-17-7-9-21(37-17)39-26-29-11-10-14(2)30-26/h6-13,23H,5H2,1-4H3/b20-13-/t23-/m1/s1. The van der Waals surface area contributed by atoms with Gasteiger partial charge in [-0.05, 0) is 68.9 Å². The minimum absolute atomic E-state index is 0.189. The van der Waals surface area contributed by atoms with Crippen LogP contribution in [0.5, 0.6) is 5.75 Å². The second-order valence-corrected chi connectivity index (χ2v) is 11.3. The molecule has 3 aromatic heterocycles. The van der Waals surface area contributed by atoms with Crippen molar-refractivity contribution in [1.82, 2.24) is 14.5 Å². The van der Waals surface area contributed by atoms with Gasteiger partial charge >= 0.3 is 5.97 Å². The lowest BCUT2D eigenvalue weighted by Gasteiger charge is -2.26. The molecule has 4 heterocycles. The molecule has 0 saturated heterocycles. The molecule has 0 unspecified atom stereocenters. The van der Waals surface area contributed by atoms with Crippen LogP contribution < -0.4 is 19.6 Å². The van der Waals surface area contributed by atoms with E-state index in [2.05, 4.69) is 30.9 Å². The molecule has 1 atom stereocenters. The van der Waals surface area contributed by atoms with E-state index in [1.807, 2.05) is 25.1 Å². The van der Waals surface area contributed by atoms with Gasteiger partial charge in [-0.25, -0.2) is 19.8 Å². The highest BCUT2D eigenvalue weighted by Gasteiger charge is 2.35. The minimum Gasteiger partial charge on any atom is -0.496 e. The number of benzene rings is 1. The number of nitrogens with zero attached hydrogens (tertiary/aromatic N) is 4. The summed E-state index contributed by atoms with van der Waals surface area (Å²) < 4.78 is 19.6. The summed E-state index contributed by atoms with van der Waals surface area (Å²) in [5.41, 5.74) is 1.93. The van der Waals surface area contributed by atoms with Gasteiger partial charge in [-0.3, -0.25) is 9.36 Å². The summed E-state index contributed by atoms with van der Waals surface area (Å²) >= 11 is 6.02. The molecule has 0 saturated carbocycles. The number of carbonyl (C=O) groups excluding carboxylic acids is 1. The molecule has 1 aromatic carbocycles. The zero-order valence-corrected chi connectivity index (χ0v) is 24.6. The molecule has 0 radical (unpaired) electrons. The van der Waals surface area contributed by atoms with Crippen LogP contribution in [0.25, 0.3) is 6.08 Å². The van der Waals surface area contributed by atoms with Crippen molar-refractivity contribution < 1.29 is 18.7 Å². The first-order chi connectivity index (χ1) is 18.8. The first kappa shape index (κ1) is 27.1. The topological polar surface area (TPSA) is 109 Å². The fraction of sp³-hybridized carbons (Fsp3) is 0.222. The van der Waals surface area contributed by atoms with Gasteiger partial charge in [0.2, 0.25) is 0 Å². The molecular weight excluding hydrogens is 604 g/mol. The van der Waals surface area contributed by atoms with Crippen LogP contribution in [0.3, 0.4) is 0 Å². The number of ether oxygens (including phenoxy) is 2. The number of esters is 1. The zero-order chi connectivity index (χ0) is 27.7. The zero-order valence-electron chi connectivity index (χ0n) is 21.4. The number of halogens is 1. The molecule has 0 aliphatic carbocycles. The van der Waals surface area contributed by atoms with Crippen molar-refractivity contribution in [2.24, 2.45) is 4.99 Å². The highest BCUT2D eigenvalue weighted by Crippen LogP contribution is 2.37. The second kappa shape index (κ2) is 11.3. The number of rotatable bonds is 7. The van der Waals surface area contributed by atoms with Gasteiger partial charge in [-0.2, -0.15) is 0 Å². The van der Waals surface area contributed by atoms with E-state index in [1.54, 1.807) is 51.4 Å². The number of methoxy groups -OCH3 is 1. The van der Waals surface area contributed by atoms with Gasteiger partial charge < -0.3 is 13.9 Å². The van der Waals surface area contributed by atoms with E-state index >= 15 is 0 Å². The van der Waals surface area contributed by atoms with Crippen LogP contribution in [0.1, 0.15) is 36.9 Å². The summed E-state index contributed by atoms with van der Waals surface area (Å²) in [4.78, 5) is 40.7. The Morgan fingerprint density at radius 2 is 2.08 bits per heavy atom. The SMILES string of the molecule is CCOC(=O)C1=C(C)N=c2s/c(=C\c3ccc(Sc4nccc(C)n4)o3)c(=O)n2[C@@H]1c1cc(Br)ccc1OC. The first-order valence-corrected chi connectivity index (χ1v) is 14.3. The van der Waals surface area contributed by atoms with Crippen molar-refractivity contribution in [3.8, 4) is 5.75 Å². The van der Waals surface area contributed by atoms with E-state index in [4.69, 9.17) is 13.9 Å². The maximum Gasteiger partial charge on any atom is 0.338 e. The molecule has 1 aliphatic heterocycles. The van der Waals surface area contributed by atoms with Crippen molar-refractivity contribution in [2.45, 2.75) is 37.1 Å². The van der Waals surface area contributed by atoms with Crippen molar-refractivity contribution in [2.75, 3.05) is 13.7 Å². The fourth-order valence-electron chi connectivity index (χ4n) is 4.17. The quantitative estimate of drug-likeness (QED) is 0.219. The number of aryl methyl sites for hydroxylation is 1. The maximum absolute atomic E-state index is 13.8. The summed E-state index contributed by atoms with van der Waals surface area (Å²) in [6, 6.07) is 10.1. The Morgan fingerprint density at radius 3 is 2.82 bits per heavy atom. The summed E-state index contributed by atoms with van der Waals surface area (Å²) in [6.45, 7) is 5.56. The monoisotopic (exact) mass is 626 g/mol. The third-order valence-electron chi connectivity index (χ3n) is 5.84. The molecule has 0 N–H and O–H groups in total. The Balaban J connectivity index is 1.62. The number of allylic oxidation sites excluding steroid dienone is 1. The second-order valence-electron chi connectivity index (χ2n) is 8.43. The molecule has 39 heavy (non-hydrogen) atoms. The van der Waals surface area contributed by atoms with E-state index in [0.29, 0.717) is 42.4 Å². The Kier molecular flexibility index (Phi) is 7.87. The lowest BCUT2D eigenvalue weighted by molar-refractivity contribution is -0.139. The van der Waals surface area contributed by atoms with Crippen molar-refractivity contribution in [3.63, 3.8) is 0 Å². The van der Waals surface area contributed by atoms with Crippen molar-refractivity contribution >= 4 is 51.1 Å². The molecule has 9 nitrogen and oxygen atoms in total.